The molecular formula is C14H16O4S. The van der Waals surface area contributed by atoms with Gasteiger partial charge >= 0.3 is 11.9 Å². The molecule has 1 aliphatic carbocycles. The van der Waals surface area contributed by atoms with Gasteiger partial charge < -0.3 is 9.47 Å². The third-order valence-corrected chi connectivity index (χ3v) is 4.81. The van der Waals surface area contributed by atoms with Gasteiger partial charge in [-0.3, -0.25) is 0 Å². The number of esters is 2. The summed E-state index contributed by atoms with van der Waals surface area (Å²) in [5.41, 5.74) is 1.77. The Morgan fingerprint density at radius 2 is 2.32 bits per heavy atom. The molecule has 4 nitrogen and oxygen atoms in total. The van der Waals surface area contributed by atoms with Crippen LogP contribution in [0.5, 0.6) is 0 Å². The van der Waals surface area contributed by atoms with Crippen LogP contribution in [0.25, 0.3) is 0 Å². The van der Waals surface area contributed by atoms with Gasteiger partial charge in [0.15, 0.2) is 0 Å². The number of thiophene rings is 1. The minimum atomic E-state index is -0.717. The van der Waals surface area contributed by atoms with E-state index in [-0.39, 0.29) is 5.97 Å². The molecule has 2 heterocycles. The van der Waals surface area contributed by atoms with E-state index in [0.717, 1.165) is 24.8 Å². The van der Waals surface area contributed by atoms with E-state index in [1.165, 1.54) is 4.88 Å². The summed E-state index contributed by atoms with van der Waals surface area (Å²) in [7, 11) is 0. The topological polar surface area (TPSA) is 52.6 Å². The molecule has 0 saturated carbocycles. The zero-order valence-electron chi connectivity index (χ0n) is 10.8. The van der Waals surface area contributed by atoms with Crippen molar-refractivity contribution in [2.45, 2.75) is 38.7 Å². The second kappa shape index (κ2) is 4.96. The van der Waals surface area contributed by atoms with Gasteiger partial charge in [-0.2, -0.15) is 0 Å². The van der Waals surface area contributed by atoms with Crippen LogP contribution >= 0.6 is 11.3 Å². The fraction of sp³-hybridized carbons (Fsp3) is 0.571. The third kappa shape index (κ3) is 2.39. The highest BCUT2D eigenvalue weighted by molar-refractivity contribution is 7.10. The first kappa shape index (κ1) is 12.7. The Labute approximate surface area is 115 Å². The standard InChI is InChI=1S/C14H16O4S/c1-8-2-3-9-10(7-19-12(9)6-8)13(15)18-11-4-5-17-14(11)16/h7-8,11H,2-6H2,1H3/t8-,11-/m0/s1. The summed E-state index contributed by atoms with van der Waals surface area (Å²) in [6.07, 6.45) is 2.83. The smallest absolute Gasteiger partial charge is 0.347 e. The van der Waals surface area contributed by atoms with Crippen molar-refractivity contribution in [3.63, 3.8) is 0 Å². The van der Waals surface area contributed by atoms with E-state index in [2.05, 4.69) is 6.92 Å². The lowest BCUT2D eigenvalue weighted by molar-refractivity contribution is -0.145. The fourth-order valence-electron chi connectivity index (χ4n) is 2.63. The largest absolute Gasteiger partial charge is 0.463 e. The van der Waals surface area contributed by atoms with Crippen molar-refractivity contribution in [2.24, 2.45) is 5.92 Å². The van der Waals surface area contributed by atoms with Gasteiger partial charge in [-0.25, -0.2) is 9.59 Å². The molecule has 0 spiro atoms. The van der Waals surface area contributed by atoms with Crippen LogP contribution in [0.1, 0.15) is 40.6 Å². The van der Waals surface area contributed by atoms with Crippen molar-refractivity contribution in [1.82, 2.24) is 0 Å². The molecule has 1 aliphatic heterocycles. The maximum absolute atomic E-state index is 12.1. The minimum Gasteiger partial charge on any atom is -0.463 e. The highest BCUT2D eigenvalue weighted by Crippen LogP contribution is 2.33. The fourth-order valence-corrected chi connectivity index (χ4v) is 3.86. The van der Waals surface area contributed by atoms with Crippen LogP contribution in [0.3, 0.4) is 0 Å². The van der Waals surface area contributed by atoms with Crippen LogP contribution in [-0.2, 0) is 27.1 Å². The molecule has 0 aromatic carbocycles. The third-order valence-electron chi connectivity index (χ3n) is 3.76. The number of rotatable bonds is 2. The molecule has 1 saturated heterocycles. The van der Waals surface area contributed by atoms with Gasteiger partial charge in [0.25, 0.3) is 0 Å². The summed E-state index contributed by atoms with van der Waals surface area (Å²) in [5.74, 6) is -0.123. The Bertz CT molecular complexity index is 520. The second-order valence-electron chi connectivity index (χ2n) is 5.25. The van der Waals surface area contributed by atoms with E-state index < -0.39 is 12.1 Å². The van der Waals surface area contributed by atoms with Gasteiger partial charge in [0.2, 0.25) is 6.10 Å². The molecule has 0 bridgehead atoms. The van der Waals surface area contributed by atoms with Gasteiger partial charge in [-0.15, -0.1) is 11.3 Å². The van der Waals surface area contributed by atoms with E-state index in [4.69, 9.17) is 9.47 Å². The van der Waals surface area contributed by atoms with Gasteiger partial charge in [-0.05, 0) is 30.7 Å². The first-order valence-electron chi connectivity index (χ1n) is 6.62. The zero-order valence-corrected chi connectivity index (χ0v) is 11.6. The van der Waals surface area contributed by atoms with Gasteiger partial charge in [0, 0.05) is 16.7 Å². The van der Waals surface area contributed by atoms with Crippen molar-refractivity contribution in [2.75, 3.05) is 6.61 Å². The number of ether oxygens (including phenoxy) is 2. The molecule has 5 heteroatoms. The summed E-state index contributed by atoms with van der Waals surface area (Å²) in [6, 6.07) is 0. The van der Waals surface area contributed by atoms with Crippen molar-refractivity contribution < 1.29 is 19.1 Å². The molecule has 0 amide bonds. The molecule has 1 aromatic heterocycles. The molecular weight excluding hydrogens is 264 g/mol. The lowest BCUT2D eigenvalue weighted by Gasteiger charge is -2.18. The van der Waals surface area contributed by atoms with E-state index in [9.17, 15) is 9.59 Å². The molecule has 3 rings (SSSR count). The quantitative estimate of drug-likeness (QED) is 0.780. The van der Waals surface area contributed by atoms with Crippen LogP contribution in [0.4, 0.5) is 0 Å². The number of carbonyl (C=O) groups excluding carboxylic acids is 2. The molecule has 1 aromatic rings. The molecule has 0 N–H and O–H groups in total. The van der Waals surface area contributed by atoms with Crippen LogP contribution in [0.15, 0.2) is 5.38 Å². The highest BCUT2D eigenvalue weighted by Gasteiger charge is 2.32. The monoisotopic (exact) mass is 280 g/mol. The molecule has 2 atom stereocenters. The summed E-state index contributed by atoms with van der Waals surface area (Å²) in [4.78, 5) is 24.7. The summed E-state index contributed by atoms with van der Waals surface area (Å²) < 4.78 is 10.1. The average molecular weight is 280 g/mol. The lowest BCUT2D eigenvalue weighted by Crippen LogP contribution is -2.23. The molecule has 19 heavy (non-hydrogen) atoms. The Hall–Kier alpha value is -1.36. The number of hydrogen-bond donors (Lipinski definition) is 0. The highest BCUT2D eigenvalue weighted by atomic mass is 32.1. The van der Waals surface area contributed by atoms with Gasteiger partial charge in [0.05, 0.1) is 12.2 Å². The van der Waals surface area contributed by atoms with E-state index >= 15 is 0 Å². The molecule has 0 radical (unpaired) electrons. The Balaban J connectivity index is 1.75. The number of fused-ring (bicyclic) bond motifs is 1. The van der Waals surface area contributed by atoms with Crippen LogP contribution in [-0.4, -0.2) is 24.6 Å². The number of hydrogen-bond acceptors (Lipinski definition) is 5. The van der Waals surface area contributed by atoms with E-state index in [1.54, 1.807) is 11.3 Å². The molecule has 102 valence electrons. The van der Waals surface area contributed by atoms with Crippen molar-refractivity contribution in [3.8, 4) is 0 Å². The second-order valence-corrected chi connectivity index (χ2v) is 6.21. The van der Waals surface area contributed by atoms with Crippen LogP contribution in [0.2, 0.25) is 0 Å². The maximum Gasteiger partial charge on any atom is 0.347 e. The normalized spacial score (nSPS) is 25.8. The molecule has 0 unspecified atom stereocenters. The Kier molecular flexibility index (Phi) is 3.31. The maximum atomic E-state index is 12.1. The average Bonchev–Trinajstić information content (AvgIpc) is 2.96. The zero-order chi connectivity index (χ0) is 13.4. The van der Waals surface area contributed by atoms with E-state index in [1.807, 2.05) is 5.38 Å². The number of carbonyl (C=O) groups is 2. The lowest BCUT2D eigenvalue weighted by atomic mass is 9.88. The predicted octanol–water partition coefficient (Wildman–Crippen LogP) is 2.35. The summed E-state index contributed by atoms with van der Waals surface area (Å²) >= 11 is 1.63. The summed E-state index contributed by atoms with van der Waals surface area (Å²) in [5, 5.41) is 1.87. The first-order valence-corrected chi connectivity index (χ1v) is 7.50. The predicted molar refractivity (Wildman–Crippen MR) is 70.3 cm³/mol. The van der Waals surface area contributed by atoms with Crippen LogP contribution < -0.4 is 0 Å². The van der Waals surface area contributed by atoms with Gasteiger partial charge in [-0.1, -0.05) is 6.92 Å². The summed E-state index contributed by atoms with van der Waals surface area (Å²) in [6.45, 7) is 2.57. The van der Waals surface area contributed by atoms with Crippen molar-refractivity contribution >= 4 is 23.3 Å². The first-order chi connectivity index (χ1) is 9.15. The van der Waals surface area contributed by atoms with Crippen molar-refractivity contribution in [3.05, 3.63) is 21.4 Å². The van der Waals surface area contributed by atoms with Crippen molar-refractivity contribution in [1.29, 1.82) is 0 Å². The van der Waals surface area contributed by atoms with Gasteiger partial charge in [0.1, 0.15) is 0 Å². The minimum absolute atomic E-state index is 0.343. The van der Waals surface area contributed by atoms with E-state index in [0.29, 0.717) is 24.5 Å². The molecule has 1 fully saturated rings. The number of cyclic esters (lactones) is 1. The molecule has 2 aliphatic rings. The Morgan fingerprint density at radius 1 is 1.47 bits per heavy atom. The Morgan fingerprint density at radius 3 is 3.05 bits per heavy atom. The van der Waals surface area contributed by atoms with Crippen LogP contribution in [0, 0.1) is 5.92 Å². The SMILES string of the molecule is C[C@H]1CCc2c(C(=O)O[C@H]3CCOC3=O)csc2C1.